The van der Waals surface area contributed by atoms with Gasteiger partial charge >= 0.3 is 0 Å². The third-order valence-electron chi connectivity index (χ3n) is 3.48. The topological polar surface area (TPSA) is 55.1 Å². The molecular formula is C18H13ClF2N2O2. The highest BCUT2D eigenvalue weighted by Gasteiger charge is 2.16. The molecular weight excluding hydrogens is 350 g/mol. The van der Waals surface area contributed by atoms with E-state index in [4.69, 9.17) is 16.0 Å². The van der Waals surface area contributed by atoms with Gasteiger partial charge in [-0.3, -0.25) is 4.79 Å². The fourth-order valence-corrected chi connectivity index (χ4v) is 2.45. The molecule has 1 amide bonds. The van der Waals surface area contributed by atoms with Gasteiger partial charge in [-0.15, -0.1) is 0 Å². The van der Waals surface area contributed by atoms with Crippen LogP contribution in [0.1, 0.15) is 12.3 Å². The van der Waals surface area contributed by atoms with Crippen molar-refractivity contribution in [2.24, 2.45) is 0 Å². The number of hydrogen-bond acceptors (Lipinski definition) is 3. The number of halogens is 3. The van der Waals surface area contributed by atoms with Crippen LogP contribution in [0.4, 0.5) is 14.5 Å². The van der Waals surface area contributed by atoms with Gasteiger partial charge in [0.2, 0.25) is 5.91 Å². The zero-order valence-corrected chi connectivity index (χ0v) is 13.7. The van der Waals surface area contributed by atoms with Gasteiger partial charge in [-0.25, -0.2) is 13.8 Å². The van der Waals surface area contributed by atoms with E-state index in [9.17, 15) is 13.6 Å². The SMILES string of the molecule is O=C(CCc1ncc(-c2c(F)cccc2F)o1)Nc1ccccc1Cl. The molecule has 0 aliphatic heterocycles. The Kier molecular flexibility index (Phi) is 5.09. The number of aryl methyl sites for hydroxylation is 1. The molecule has 0 aliphatic carbocycles. The van der Waals surface area contributed by atoms with Crippen molar-refractivity contribution in [1.82, 2.24) is 4.98 Å². The number of aromatic nitrogens is 1. The van der Waals surface area contributed by atoms with E-state index in [-0.39, 0.29) is 36.0 Å². The quantitative estimate of drug-likeness (QED) is 0.706. The van der Waals surface area contributed by atoms with Crippen molar-refractivity contribution in [3.8, 4) is 11.3 Å². The number of nitrogens with zero attached hydrogens (tertiary/aromatic N) is 1. The molecule has 1 aromatic heterocycles. The van der Waals surface area contributed by atoms with Gasteiger partial charge in [0.1, 0.15) is 11.6 Å². The summed E-state index contributed by atoms with van der Waals surface area (Å²) in [6.07, 6.45) is 1.51. The molecule has 0 spiro atoms. The van der Waals surface area contributed by atoms with Gasteiger partial charge in [-0.2, -0.15) is 0 Å². The van der Waals surface area contributed by atoms with Crippen molar-refractivity contribution in [2.45, 2.75) is 12.8 Å². The lowest BCUT2D eigenvalue weighted by atomic mass is 10.1. The number of anilines is 1. The summed E-state index contributed by atoms with van der Waals surface area (Å²) in [5.41, 5.74) is 0.234. The first kappa shape index (κ1) is 17.1. The molecule has 3 aromatic rings. The van der Waals surface area contributed by atoms with Gasteiger partial charge in [0.25, 0.3) is 0 Å². The number of nitrogens with one attached hydrogen (secondary N) is 1. The lowest BCUT2D eigenvalue weighted by molar-refractivity contribution is -0.116. The minimum Gasteiger partial charge on any atom is -0.441 e. The van der Waals surface area contributed by atoms with Crippen molar-refractivity contribution < 1.29 is 18.0 Å². The van der Waals surface area contributed by atoms with E-state index < -0.39 is 11.6 Å². The van der Waals surface area contributed by atoms with Crippen molar-refractivity contribution in [3.63, 3.8) is 0 Å². The Morgan fingerprint density at radius 3 is 2.56 bits per heavy atom. The molecule has 0 fully saturated rings. The Labute approximate surface area is 147 Å². The smallest absolute Gasteiger partial charge is 0.224 e. The van der Waals surface area contributed by atoms with Crippen LogP contribution in [-0.2, 0) is 11.2 Å². The van der Waals surface area contributed by atoms with E-state index in [0.29, 0.717) is 10.7 Å². The standard InChI is InChI=1S/C18H13ClF2N2O2/c19-11-4-1-2-7-14(11)23-16(24)8-9-17-22-10-15(25-17)18-12(20)5-3-6-13(18)21/h1-7,10H,8-9H2,(H,23,24). The van der Waals surface area contributed by atoms with Crippen molar-refractivity contribution in [2.75, 3.05) is 5.32 Å². The van der Waals surface area contributed by atoms with Gasteiger partial charge in [0, 0.05) is 12.8 Å². The molecule has 0 atom stereocenters. The fourth-order valence-electron chi connectivity index (χ4n) is 2.27. The highest BCUT2D eigenvalue weighted by atomic mass is 35.5. The Morgan fingerprint density at radius 1 is 1.12 bits per heavy atom. The molecule has 0 unspecified atom stereocenters. The van der Waals surface area contributed by atoms with E-state index in [1.54, 1.807) is 24.3 Å². The summed E-state index contributed by atoms with van der Waals surface area (Å²) in [5.74, 6) is -1.55. The van der Waals surface area contributed by atoms with Gasteiger partial charge in [-0.05, 0) is 24.3 Å². The lowest BCUT2D eigenvalue weighted by Crippen LogP contribution is -2.12. The third-order valence-corrected chi connectivity index (χ3v) is 3.81. The molecule has 1 N–H and O–H groups in total. The predicted molar refractivity (Wildman–Crippen MR) is 90.3 cm³/mol. The Bertz CT molecular complexity index is 891. The van der Waals surface area contributed by atoms with Crippen LogP contribution in [0.2, 0.25) is 5.02 Å². The first-order chi connectivity index (χ1) is 12.0. The molecule has 25 heavy (non-hydrogen) atoms. The number of oxazole rings is 1. The average Bonchev–Trinajstić information content (AvgIpc) is 3.04. The summed E-state index contributed by atoms with van der Waals surface area (Å²) < 4.78 is 32.8. The first-order valence-electron chi connectivity index (χ1n) is 7.48. The molecule has 4 nitrogen and oxygen atoms in total. The summed E-state index contributed by atoms with van der Waals surface area (Å²) >= 11 is 5.97. The minimum absolute atomic E-state index is 0.0166. The van der Waals surface area contributed by atoms with Crippen LogP contribution in [0.5, 0.6) is 0 Å². The normalized spacial score (nSPS) is 10.7. The zero-order valence-electron chi connectivity index (χ0n) is 12.9. The van der Waals surface area contributed by atoms with Crippen molar-refractivity contribution >= 4 is 23.2 Å². The molecule has 7 heteroatoms. The molecule has 0 saturated carbocycles. The van der Waals surface area contributed by atoms with Crippen LogP contribution >= 0.6 is 11.6 Å². The number of para-hydroxylation sites is 1. The van der Waals surface area contributed by atoms with Gasteiger partial charge < -0.3 is 9.73 Å². The van der Waals surface area contributed by atoms with Crippen molar-refractivity contribution in [1.29, 1.82) is 0 Å². The highest BCUT2D eigenvalue weighted by molar-refractivity contribution is 6.33. The fraction of sp³-hybridized carbons (Fsp3) is 0.111. The van der Waals surface area contributed by atoms with Gasteiger partial charge in [0.05, 0.1) is 22.5 Å². The largest absolute Gasteiger partial charge is 0.441 e. The second-order valence-corrected chi connectivity index (χ2v) is 5.65. The monoisotopic (exact) mass is 362 g/mol. The Balaban J connectivity index is 1.64. The number of carbonyl (C=O) groups is 1. The molecule has 0 saturated heterocycles. The third kappa shape index (κ3) is 4.03. The zero-order chi connectivity index (χ0) is 17.8. The maximum absolute atomic E-state index is 13.7. The second kappa shape index (κ2) is 7.44. The number of rotatable bonds is 5. The van der Waals surface area contributed by atoms with Gasteiger partial charge in [-0.1, -0.05) is 29.8 Å². The van der Waals surface area contributed by atoms with Crippen LogP contribution in [0.25, 0.3) is 11.3 Å². The summed E-state index contributed by atoms with van der Waals surface area (Å²) in [6.45, 7) is 0. The van der Waals surface area contributed by atoms with Crippen LogP contribution in [0.15, 0.2) is 53.1 Å². The molecule has 3 rings (SSSR count). The molecule has 0 bridgehead atoms. The van der Waals surface area contributed by atoms with Crippen LogP contribution in [0, 0.1) is 11.6 Å². The molecule has 2 aromatic carbocycles. The molecule has 0 radical (unpaired) electrons. The van der Waals surface area contributed by atoms with Crippen LogP contribution in [0.3, 0.4) is 0 Å². The van der Waals surface area contributed by atoms with Crippen LogP contribution < -0.4 is 5.32 Å². The van der Waals surface area contributed by atoms with E-state index >= 15 is 0 Å². The maximum atomic E-state index is 13.7. The van der Waals surface area contributed by atoms with Crippen LogP contribution in [-0.4, -0.2) is 10.9 Å². The summed E-state index contributed by atoms with van der Waals surface area (Å²) in [4.78, 5) is 15.9. The minimum atomic E-state index is -0.737. The van der Waals surface area contributed by atoms with E-state index in [2.05, 4.69) is 10.3 Å². The van der Waals surface area contributed by atoms with E-state index in [1.165, 1.54) is 12.3 Å². The van der Waals surface area contributed by atoms with E-state index in [0.717, 1.165) is 12.1 Å². The first-order valence-corrected chi connectivity index (χ1v) is 7.86. The number of carbonyl (C=O) groups excluding carboxylic acids is 1. The number of hydrogen-bond donors (Lipinski definition) is 1. The molecule has 128 valence electrons. The summed E-state index contributed by atoms with van der Waals surface area (Å²) in [7, 11) is 0. The maximum Gasteiger partial charge on any atom is 0.224 e. The Morgan fingerprint density at radius 2 is 1.84 bits per heavy atom. The second-order valence-electron chi connectivity index (χ2n) is 5.24. The van der Waals surface area contributed by atoms with E-state index in [1.807, 2.05) is 0 Å². The Hall–Kier alpha value is -2.73. The highest BCUT2D eigenvalue weighted by Crippen LogP contribution is 2.27. The lowest BCUT2D eigenvalue weighted by Gasteiger charge is -2.05. The molecule has 0 aliphatic rings. The predicted octanol–water partition coefficient (Wildman–Crippen LogP) is 4.84. The molecule has 1 heterocycles. The summed E-state index contributed by atoms with van der Waals surface area (Å²) in [5, 5.41) is 3.11. The average molecular weight is 363 g/mol. The number of amides is 1. The van der Waals surface area contributed by atoms with Crippen molar-refractivity contribution in [3.05, 3.63) is 71.2 Å². The summed E-state index contributed by atoms with van der Waals surface area (Å²) in [6, 6.07) is 10.4. The van der Waals surface area contributed by atoms with Gasteiger partial charge in [0.15, 0.2) is 11.7 Å². The number of benzene rings is 2.